The molecule has 2 aromatic heterocycles. The van der Waals surface area contributed by atoms with E-state index in [0.29, 0.717) is 36.2 Å². The molecule has 0 spiro atoms. The molecular formula is C18H24N4O3. The number of likely N-dealkylation sites (tertiary alicyclic amines) is 2. The Morgan fingerprint density at radius 1 is 1.24 bits per heavy atom. The van der Waals surface area contributed by atoms with Gasteiger partial charge in [0, 0.05) is 31.1 Å². The highest BCUT2D eigenvalue weighted by Crippen LogP contribution is 2.31. The third-order valence-corrected chi connectivity index (χ3v) is 5.42. The van der Waals surface area contributed by atoms with E-state index in [1.807, 2.05) is 17.9 Å². The number of aromatic nitrogens is 2. The molecule has 2 aliphatic heterocycles. The van der Waals surface area contributed by atoms with E-state index >= 15 is 0 Å². The fraction of sp³-hybridized carbons (Fsp3) is 0.611. The van der Waals surface area contributed by atoms with E-state index in [1.54, 1.807) is 13.2 Å². The van der Waals surface area contributed by atoms with Crippen LogP contribution in [-0.2, 0) is 11.3 Å². The lowest BCUT2D eigenvalue weighted by atomic mass is 10.0. The summed E-state index contributed by atoms with van der Waals surface area (Å²) in [5.41, 5.74) is 0.984. The maximum atomic E-state index is 11.9. The van der Waals surface area contributed by atoms with Crippen molar-refractivity contribution in [2.45, 2.75) is 58.2 Å². The molecule has 134 valence electrons. The summed E-state index contributed by atoms with van der Waals surface area (Å²) in [5.74, 6) is 1.85. The summed E-state index contributed by atoms with van der Waals surface area (Å²) in [6.45, 7) is 6.14. The molecule has 2 aromatic rings. The third-order valence-electron chi connectivity index (χ3n) is 5.42. The molecule has 4 rings (SSSR count). The number of carbonyl (C=O) groups excluding carboxylic acids is 1. The molecule has 0 bridgehead atoms. The first-order valence-corrected chi connectivity index (χ1v) is 9.01. The number of nitrogens with zero attached hydrogens (tertiary/aromatic N) is 4. The van der Waals surface area contributed by atoms with Gasteiger partial charge in [-0.3, -0.25) is 9.69 Å². The fourth-order valence-corrected chi connectivity index (χ4v) is 4.24. The minimum absolute atomic E-state index is 0.183. The molecule has 7 heteroatoms. The van der Waals surface area contributed by atoms with E-state index in [-0.39, 0.29) is 5.91 Å². The van der Waals surface area contributed by atoms with Crippen LogP contribution < -0.4 is 0 Å². The van der Waals surface area contributed by atoms with Gasteiger partial charge < -0.3 is 13.7 Å². The van der Waals surface area contributed by atoms with E-state index < -0.39 is 0 Å². The molecule has 0 radical (unpaired) electrons. The molecule has 2 saturated heterocycles. The summed E-state index contributed by atoms with van der Waals surface area (Å²) in [4.78, 5) is 16.3. The van der Waals surface area contributed by atoms with Gasteiger partial charge in [-0.15, -0.1) is 10.2 Å². The summed E-state index contributed by atoms with van der Waals surface area (Å²) in [6, 6.07) is 2.58. The van der Waals surface area contributed by atoms with E-state index in [9.17, 15) is 4.79 Å². The van der Waals surface area contributed by atoms with E-state index in [1.165, 1.54) is 0 Å². The maximum Gasteiger partial charge on any atom is 0.283 e. The van der Waals surface area contributed by atoms with E-state index in [4.69, 9.17) is 8.83 Å². The van der Waals surface area contributed by atoms with Crippen LogP contribution in [0.25, 0.3) is 11.7 Å². The predicted molar refractivity (Wildman–Crippen MR) is 90.6 cm³/mol. The van der Waals surface area contributed by atoms with Gasteiger partial charge in [-0.1, -0.05) is 0 Å². The number of hydrogen-bond donors (Lipinski definition) is 0. The number of aryl methyl sites for hydroxylation is 1. The molecule has 25 heavy (non-hydrogen) atoms. The monoisotopic (exact) mass is 344 g/mol. The molecule has 2 aliphatic rings. The molecule has 0 aliphatic carbocycles. The predicted octanol–water partition coefficient (Wildman–Crippen LogP) is 2.61. The van der Waals surface area contributed by atoms with Gasteiger partial charge in [-0.25, -0.2) is 0 Å². The van der Waals surface area contributed by atoms with Crippen LogP contribution in [0.4, 0.5) is 0 Å². The summed E-state index contributed by atoms with van der Waals surface area (Å²) < 4.78 is 11.2. The number of furan rings is 1. The lowest BCUT2D eigenvalue weighted by molar-refractivity contribution is -0.130. The smallest absolute Gasteiger partial charge is 0.283 e. The Balaban J connectivity index is 1.48. The highest BCUT2D eigenvalue weighted by atomic mass is 16.4. The number of rotatable bonds is 4. The normalized spacial score (nSPS) is 24.3. The lowest BCUT2D eigenvalue weighted by Crippen LogP contribution is -2.47. The molecule has 2 fully saturated rings. The zero-order chi connectivity index (χ0) is 17.4. The van der Waals surface area contributed by atoms with Crippen molar-refractivity contribution in [2.24, 2.45) is 0 Å². The highest BCUT2D eigenvalue weighted by molar-refractivity contribution is 5.74. The molecule has 4 heterocycles. The van der Waals surface area contributed by atoms with Crippen molar-refractivity contribution in [3.8, 4) is 11.7 Å². The molecular weight excluding hydrogens is 320 g/mol. The van der Waals surface area contributed by atoms with Gasteiger partial charge in [0.1, 0.15) is 0 Å². The third kappa shape index (κ3) is 3.08. The standard InChI is InChI=1S/C18H24N4O3/c1-12-7-10-24-17(12)18-20-19-16(25-18)11-21-8-3-5-14(21)15-6-4-9-22(15)13(2)23/h7,10,14-15H,3-6,8-9,11H2,1-2H3/t14-,15-/m0/s1. The van der Waals surface area contributed by atoms with Crippen LogP contribution >= 0.6 is 0 Å². The Morgan fingerprint density at radius 3 is 2.80 bits per heavy atom. The van der Waals surface area contributed by atoms with Crippen LogP contribution in [0, 0.1) is 6.92 Å². The number of amides is 1. The maximum absolute atomic E-state index is 11.9. The molecule has 7 nitrogen and oxygen atoms in total. The summed E-state index contributed by atoms with van der Waals surface area (Å²) in [5, 5.41) is 8.32. The minimum Gasteiger partial charge on any atom is -0.459 e. The largest absolute Gasteiger partial charge is 0.459 e. The van der Waals surface area contributed by atoms with Crippen molar-refractivity contribution in [2.75, 3.05) is 13.1 Å². The average Bonchev–Trinajstić information content (AvgIpc) is 3.33. The Labute approximate surface area is 147 Å². The SMILES string of the molecule is CC(=O)N1CCC[C@H]1[C@@H]1CCCN1Cc1nnc(-c2occc2C)o1. The Hall–Kier alpha value is -2.15. The molecule has 0 saturated carbocycles. The summed E-state index contributed by atoms with van der Waals surface area (Å²) in [6.07, 6.45) is 6.07. The van der Waals surface area contributed by atoms with Gasteiger partial charge >= 0.3 is 0 Å². The van der Waals surface area contributed by atoms with Gasteiger partial charge in [0.15, 0.2) is 5.76 Å². The second-order valence-electron chi connectivity index (χ2n) is 7.04. The van der Waals surface area contributed by atoms with Crippen molar-refractivity contribution in [3.63, 3.8) is 0 Å². The van der Waals surface area contributed by atoms with Gasteiger partial charge in [0.25, 0.3) is 5.89 Å². The Morgan fingerprint density at radius 2 is 2.04 bits per heavy atom. The first-order chi connectivity index (χ1) is 12.1. The lowest BCUT2D eigenvalue weighted by Gasteiger charge is -2.33. The average molecular weight is 344 g/mol. The van der Waals surface area contributed by atoms with E-state index in [0.717, 1.165) is 44.3 Å². The van der Waals surface area contributed by atoms with Crippen LogP contribution in [0.3, 0.4) is 0 Å². The molecule has 0 aromatic carbocycles. The van der Waals surface area contributed by atoms with Crippen LogP contribution in [0.2, 0.25) is 0 Å². The zero-order valence-corrected chi connectivity index (χ0v) is 14.8. The molecule has 2 atom stereocenters. The van der Waals surface area contributed by atoms with Crippen molar-refractivity contribution in [3.05, 3.63) is 23.8 Å². The first-order valence-electron chi connectivity index (χ1n) is 9.01. The summed E-state index contributed by atoms with van der Waals surface area (Å²) >= 11 is 0. The Bertz CT molecular complexity index is 753. The van der Waals surface area contributed by atoms with Crippen molar-refractivity contribution < 1.29 is 13.6 Å². The number of hydrogen-bond acceptors (Lipinski definition) is 6. The topological polar surface area (TPSA) is 75.6 Å². The van der Waals surface area contributed by atoms with Gasteiger partial charge in [0.2, 0.25) is 11.8 Å². The molecule has 0 N–H and O–H groups in total. The number of carbonyl (C=O) groups is 1. The minimum atomic E-state index is 0.183. The second-order valence-corrected chi connectivity index (χ2v) is 7.04. The quantitative estimate of drug-likeness (QED) is 0.849. The van der Waals surface area contributed by atoms with Gasteiger partial charge in [0.05, 0.1) is 12.8 Å². The van der Waals surface area contributed by atoms with Crippen molar-refractivity contribution in [1.82, 2.24) is 20.0 Å². The molecule has 0 unspecified atom stereocenters. The van der Waals surface area contributed by atoms with Crippen molar-refractivity contribution in [1.29, 1.82) is 0 Å². The van der Waals surface area contributed by atoms with Crippen LogP contribution in [0.1, 0.15) is 44.1 Å². The highest BCUT2D eigenvalue weighted by Gasteiger charge is 2.39. The summed E-state index contributed by atoms with van der Waals surface area (Å²) in [7, 11) is 0. The van der Waals surface area contributed by atoms with Crippen LogP contribution in [0.15, 0.2) is 21.2 Å². The van der Waals surface area contributed by atoms with Crippen LogP contribution in [0.5, 0.6) is 0 Å². The fourth-order valence-electron chi connectivity index (χ4n) is 4.24. The zero-order valence-electron chi connectivity index (χ0n) is 14.8. The van der Waals surface area contributed by atoms with E-state index in [2.05, 4.69) is 15.1 Å². The molecule has 1 amide bonds. The van der Waals surface area contributed by atoms with Gasteiger partial charge in [-0.05, 0) is 45.2 Å². The van der Waals surface area contributed by atoms with Gasteiger partial charge in [-0.2, -0.15) is 0 Å². The van der Waals surface area contributed by atoms with Crippen LogP contribution in [-0.4, -0.2) is 51.1 Å². The second kappa shape index (κ2) is 6.63. The first kappa shape index (κ1) is 16.3. The Kier molecular flexibility index (Phi) is 4.33. The van der Waals surface area contributed by atoms with Crippen molar-refractivity contribution >= 4 is 5.91 Å².